The number of nitrogens with one attached hydrogen (secondary N) is 2. The van der Waals surface area contributed by atoms with Crippen LogP contribution in [0.25, 0.3) is 0 Å². The van der Waals surface area contributed by atoms with Gasteiger partial charge in [0, 0.05) is 12.6 Å². The predicted molar refractivity (Wildman–Crippen MR) is 69.6 cm³/mol. The van der Waals surface area contributed by atoms with E-state index in [0.29, 0.717) is 18.7 Å². The van der Waals surface area contributed by atoms with Crippen LogP contribution in [0.1, 0.15) is 13.3 Å². The van der Waals surface area contributed by atoms with Gasteiger partial charge in [0.15, 0.2) is 0 Å². The summed E-state index contributed by atoms with van der Waals surface area (Å²) in [6.07, 6.45) is 0.443. The maximum absolute atomic E-state index is 13.0. The van der Waals surface area contributed by atoms with Crippen LogP contribution in [0.4, 0.5) is 9.18 Å². The summed E-state index contributed by atoms with van der Waals surface area (Å²) >= 11 is 0. The quantitative estimate of drug-likeness (QED) is 0.699. The van der Waals surface area contributed by atoms with Crippen LogP contribution >= 0.6 is 0 Å². The van der Waals surface area contributed by atoms with Gasteiger partial charge in [0.25, 0.3) is 0 Å². The molecule has 1 aromatic carbocycles. The summed E-state index contributed by atoms with van der Waals surface area (Å²) in [6, 6.07) is 5.51. The molecule has 1 atom stereocenters. The normalized spacial score (nSPS) is 11.7. The third-order valence-electron chi connectivity index (χ3n) is 2.44. The smallest absolute Gasteiger partial charge is 0.315 e. The van der Waals surface area contributed by atoms with E-state index in [1.165, 1.54) is 12.1 Å². The van der Waals surface area contributed by atoms with E-state index in [4.69, 9.17) is 9.84 Å². The van der Waals surface area contributed by atoms with E-state index in [0.717, 1.165) is 0 Å². The lowest BCUT2D eigenvalue weighted by atomic mass is 10.2. The molecule has 1 rings (SSSR count). The van der Waals surface area contributed by atoms with Gasteiger partial charge >= 0.3 is 6.03 Å². The molecule has 3 N–H and O–H groups in total. The van der Waals surface area contributed by atoms with Crippen molar-refractivity contribution >= 4 is 6.03 Å². The second kappa shape index (κ2) is 8.31. The summed E-state index contributed by atoms with van der Waals surface area (Å²) in [7, 11) is 0. The number of hydrogen-bond donors (Lipinski definition) is 3. The maximum atomic E-state index is 13.0. The van der Waals surface area contributed by atoms with Crippen LogP contribution < -0.4 is 15.4 Å². The number of urea groups is 1. The van der Waals surface area contributed by atoms with Crippen molar-refractivity contribution in [2.24, 2.45) is 0 Å². The molecule has 0 heterocycles. The van der Waals surface area contributed by atoms with Gasteiger partial charge in [0.1, 0.15) is 17.7 Å². The monoisotopic (exact) mass is 270 g/mol. The van der Waals surface area contributed by atoms with Gasteiger partial charge in [0.2, 0.25) is 0 Å². The number of amides is 2. The molecule has 1 aromatic rings. The highest BCUT2D eigenvalue weighted by Crippen LogP contribution is 2.14. The molecule has 0 spiro atoms. The Morgan fingerprint density at radius 2 is 2.26 bits per heavy atom. The topological polar surface area (TPSA) is 70.6 Å². The highest BCUT2D eigenvalue weighted by Gasteiger charge is 2.10. The van der Waals surface area contributed by atoms with Crippen molar-refractivity contribution in [2.45, 2.75) is 19.4 Å². The number of halogens is 1. The molecule has 6 heteroatoms. The molecule has 0 radical (unpaired) electrons. The van der Waals surface area contributed by atoms with Crippen molar-refractivity contribution in [2.75, 3.05) is 19.7 Å². The Kier molecular flexibility index (Phi) is 6.67. The largest absolute Gasteiger partial charge is 0.489 e. The van der Waals surface area contributed by atoms with Gasteiger partial charge < -0.3 is 20.5 Å². The van der Waals surface area contributed by atoms with E-state index in [1.807, 2.05) is 6.92 Å². The van der Waals surface area contributed by atoms with Crippen LogP contribution in [0.3, 0.4) is 0 Å². The number of hydrogen-bond acceptors (Lipinski definition) is 3. The van der Waals surface area contributed by atoms with Gasteiger partial charge in [-0.05, 0) is 18.6 Å². The van der Waals surface area contributed by atoms with E-state index in [-0.39, 0.29) is 31.1 Å². The number of carbonyl (C=O) groups is 1. The summed E-state index contributed by atoms with van der Waals surface area (Å²) in [6.45, 7) is 2.32. The number of carbonyl (C=O) groups excluding carboxylic acids is 1. The number of rotatable bonds is 7. The fourth-order valence-electron chi connectivity index (χ4n) is 1.44. The second-order valence-electron chi connectivity index (χ2n) is 3.97. The van der Waals surface area contributed by atoms with Gasteiger partial charge in [-0.1, -0.05) is 13.0 Å². The summed E-state index contributed by atoms with van der Waals surface area (Å²) in [5, 5.41) is 13.6. The van der Waals surface area contributed by atoms with Crippen molar-refractivity contribution in [1.82, 2.24) is 10.6 Å². The minimum Gasteiger partial charge on any atom is -0.489 e. The van der Waals surface area contributed by atoms with Crippen LogP contribution in [-0.2, 0) is 0 Å². The molecule has 0 fully saturated rings. The zero-order valence-electron chi connectivity index (χ0n) is 10.9. The minimum absolute atomic E-state index is 0.107. The highest BCUT2D eigenvalue weighted by atomic mass is 19.1. The molecule has 19 heavy (non-hydrogen) atoms. The Hall–Kier alpha value is -1.82. The zero-order chi connectivity index (χ0) is 14.1. The molecule has 0 saturated heterocycles. The summed E-state index contributed by atoms with van der Waals surface area (Å²) in [5.41, 5.74) is 0. The Balaban J connectivity index is 2.39. The first-order valence-corrected chi connectivity index (χ1v) is 6.20. The van der Waals surface area contributed by atoms with Gasteiger partial charge in [-0.15, -0.1) is 0 Å². The third-order valence-corrected chi connectivity index (χ3v) is 2.44. The highest BCUT2D eigenvalue weighted by molar-refractivity contribution is 5.73. The molecule has 0 aromatic heterocycles. The zero-order valence-corrected chi connectivity index (χ0v) is 10.9. The van der Waals surface area contributed by atoms with E-state index in [1.54, 1.807) is 12.1 Å². The fraction of sp³-hybridized carbons (Fsp3) is 0.462. The first-order valence-electron chi connectivity index (χ1n) is 6.20. The Labute approximate surface area is 111 Å². The molecule has 0 saturated carbocycles. The Bertz CT molecular complexity index is 401. The van der Waals surface area contributed by atoms with E-state index in [9.17, 15) is 9.18 Å². The van der Waals surface area contributed by atoms with Gasteiger partial charge in [-0.3, -0.25) is 0 Å². The summed E-state index contributed by atoms with van der Waals surface area (Å²) < 4.78 is 18.6. The minimum atomic E-state index is -0.365. The van der Waals surface area contributed by atoms with Crippen molar-refractivity contribution in [3.05, 3.63) is 30.1 Å². The molecule has 0 aliphatic heterocycles. The summed E-state index contributed by atoms with van der Waals surface area (Å²) in [5.74, 6) is 0.0745. The average molecular weight is 270 g/mol. The first kappa shape index (κ1) is 15.2. The van der Waals surface area contributed by atoms with Crippen LogP contribution in [0, 0.1) is 5.82 Å². The van der Waals surface area contributed by atoms with Crippen LogP contribution in [0.5, 0.6) is 5.75 Å². The second-order valence-corrected chi connectivity index (χ2v) is 3.97. The SMILES string of the molecule is CCC(CNC(=O)NCCO)Oc1cccc(F)c1. The summed E-state index contributed by atoms with van der Waals surface area (Å²) in [4.78, 5) is 11.3. The van der Waals surface area contributed by atoms with E-state index in [2.05, 4.69) is 10.6 Å². The molecule has 5 nitrogen and oxygen atoms in total. The standard InChI is InChI=1S/C13H19FN2O3/c1-2-11(9-16-13(18)15-6-7-17)19-12-5-3-4-10(14)8-12/h3-5,8,11,17H,2,6-7,9H2,1H3,(H2,15,16,18). The third kappa shape index (κ3) is 6.05. The van der Waals surface area contributed by atoms with Crippen LogP contribution in [0.2, 0.25) is 0 Å². The van der Waals surface area contributed by atoms with Crippen molar-refractivity contribution in [3.8, 4) is 5.75 Å². The van der Waals surface area contributed by atoms with Gasteiger partial charge in [-0.25, -0.2) is 9.18 Å². The molecule has 2 amide bonds. The lowest BCUT2D eigenvalue weighted by Gasteiger charge is -2.18. The molecule has 106 valence electrons. The van der Waals surface area contributed by atoms with Crippen molar-refractivity contribution in [3.63, 3.8) is 0 Å². The molecular weight excluding hydrogens is 251 g/mol. The van der Waals surface area contributed by atoms with Crippen molar-refractivity contribution < 1.29 is 19.0 Å². The van der Waals surface area contributed by atoms with Gasteiger partial charge in [0.05, 0.1) is 13.2 Å². The fourth-order valence-corrected chi connectivity index (χ4v) is 1.44. The van der Waals surface area contributed by atoms with Crippen molar-refractivity contribution in [1.29, 1.82) is 0 Å². The Morgan fingerprint density at radius 1 is 1.47 bits per heavy atom. The van der Waals surface area contributed by atoms with Crippen LogP contribution in [0.15, 0.2) is 24.3 Å². The molecular formula is C13H19FN2O3. The lowest BCUT2D eigenvalue weighted by molar-refractivity contribution is 0.188. The molecule has 0 aliphatic carbocycles. The molecule has 1 unspecified atom stereocenters. The number of benzene rings is 1. The number of ether oxygens (including phenoxy) is 1. The van der Waals surface area contributed by atoms with Gasteiger partial charge in [-0.2, -0.15) is 0 Å². The number of aliphatic hydroxyl groups excluding tert-OH is 1. The van der Waals surface area contributed by atoms with E-state index >= 15 is 0 Å². The predicted octanol–water partition coefficient (Wildman–Crippen LogP) is 1.27. The van der Waals surface area contributed by atoms with E-state index < -0.39 is 0 Å². The first-order chi connectivity index (χ1) is 9.15. The maximum Gasteiger partial charge on any atom is 0.315 e. The Morgan fingerprint density at radius 3 is 2.89 bits per heavy atom. The average Bonchev–Trinajstić information content (AvgIpc) is 2.41. The molecule has 0 bridgehead atoms. The lowest BCUT2D eigenvalue weighted by Crippen LogP contribution is -2.42. The molecule has 0 aliphatic rings. The number of aliphatic hydroxyl groups is 1. The van der Waals surface area contributed by atoms with Crippen LogP contribution in [-0.4, -0.2) is 36.9 Å².